The van der Waals surface area contributed by atoms with Crippen LogP contribution >= 0.6 is 0 Å². The molecule has 6 nitrogen and oxygen atoms in total. The third kappa shape index (κ3) is 4.03. The van der Waals surface area contributed by atoms with Gasteiger partial charge in [0.25, 0.3) is 0 Å². The van der Waals surface area contributed by atoms with Gasteiger partial charge in [-0.3, -0.25) is 20.3 Å². The fourth-order valence-corrected chi connectivity index (χ4v) is 1.69. The van der Waals surface area contributed by atoms with Crippen LogP contribution in [0.3, 0.4) is 0 Å². The van der Waals surface area contributed by atoms with Crippen molar-refractivity contribution >= 4 is 23.6 Å². The van der Waals surface area contributed by atoms with Crippen molar-refractivity contribution in [1.82, 2.24) is 0 Å². The predicted molar refractivity (Wildman–Crippen MR) is 73.0 cm³/mol. The first kappa shape index (κ1) is 18.1. The fourth-order valence-electron chi connectivity index (χ4n) is 1.69. The summed E-state index contributed by atoms with van der Waals surface area (Å²) in [5.41, 5.74) is -0.922. The number of esters is 2. The molecule has 1 unspecified atom stereocenters. The van der Waals surface area contributed by atoms with Gasteiger partial charge >= 0.3 is 11.9 Å². The number of rotatable bonds is 5. The van der Waals surface area contributed by atoms with Crippen LogP contribution < -0.4 is 0 Å². The number of hydrogen-bond acceptors (Lipinski definition) is 5. The van der Waals surface area contributed by atoms with E-state index in [0.29, 0.717) is 0 Å². The van der Waals surface area contributed by atoms with Crippen LogP contribution in [-0.4, -0.2) is 37.8 Å². The van der Waals surface area contributed by atoms with Crippen LogP contribution in [0, 0.1) is 17.3 Å². The van der Waals surface area contributed by atoms with Crippen LogP contribution in [0.1, 0.15) is 27.7 Å². The van der Waals surface area contributed by atoms with E-state index in [1.807, 2.05) is 0 Å². The summed E-state index contributed by atoms with van der Waals surface area (Å²) in [5, 5.41) is 9.18. The van der Waals surface area contributed by atoms with E-state index in [1.165, 1.54) is 6.92 Å². The lowest BCUT2D eigenvalue weighted by atomic mass is 9.78. The molecule has 0 aliphatic heterocycles. The molecule has 0 aromatic rings. The summed E-state index contributed by atoms with van der Waals surface area (Å²) >= 11 is 0. The third-order valence-corrected chi connectivity index (χ3v) is 2.91. The SMILES string of the molecule is COC(=O)C(C(=O)OC)C(C)C(=C=[N-])C(=O)C(C)(C)C. The lowest BCUT2D eigenvalue weighted by Crippen LogP contribution is -2.37. The van der Waals surface area contributed by atoms with Crippen LogP contribution in [-0.2, 0) is 23.9 Å². The minimum atomic E-state index is -1.33. The maximum atomic E-state index is 12.2. The van der Waals surface area contributed by atoms with Gasteiger partial charge in [0, 0.05) is 16.9 Å². The number of nitrogens with zero attached hydrogens (tertiary/aromatic N) is 1. The smallest absolute Gasteiger partial charge is 0.320 e. The molecule has 112 valence electrons. The van der Waals surface area contributed by atoms with Gasteiger partial charge in [-0.1, -0.05) is 27.7 Å². The molecule has 0 bridgehead atoms. The standard InChI is InChI=1S/C14H20NO5/c1-8(9(7-15)11(16)14(2,3)4)10(12(17)19-5)13(18)20-6/h8,10H,1-6H3/q-1. The lowest BCUT2D eigenvalue weighted by Gasteiger charge is -2.25. The number of carbonyl (C=O) groups excluding carboxylic acids is 3. The van der Waals surface area contributed by atoms with Crippen molar-refractivity contribution in [2.45, 2.75) is 27.7 Å². The topological polar surface area (TPSA) is 92.0 Å². The Labute approximate surface area is 118 Å². The van der Waals surface area contributed by atoms with Crippen LogP contribution in [0.2, 0.25) is 0 Å². The number of ether oxygens (including phenoxy) is 2. The minimum Gasteiger partial charge on any atom is -0.763 e. The molecular formula is C14H20NO5-. The van der Waals surface area contributed by atoms with Crippen molar-refractivity contribution in [2.24, 2.45) is 17.3 Å². The summed E-state index contributed by atoms with van der Waals surface area (Å²) in [6, 6.07) is 0. The Hall–Kier alpha value is -1.94. The number of allylic oxidation sites excluding steroid dienone is 1. The van der Waals surface area contributed by atoms with Gasteiger partial charge in [0.05, 0.1) is 14.2 Å². The molecule has 0 aromatic heterocycles. The highest BCUT2D eigenvalue weighted by Gasteiger charge is 2.39. The Morgan fingerprint density at radius 2 is 1.45 bits per heavy atom. The summed E-state index contributed by atoms with van der Waals surface area (Å²) < 4.78 is 9.09. The number of Topliss-reactive ketones (excluding diaryl/α,β-unsaturated/α-hetero) is 1. The maximum absolute atomic E-state index is 12.2. The molecule has 0 saturated heterocycles. The van der Waals surface area contributed by atoms with Gasteiger partial charge in [0.2, 0.25) is 0 Å². The Balaban J connectivity index is 5.60. The van der Waals surface area contributed by atoms with E-state index in [2.05, 4.69) is 9.47 Å². The molecule has 0 aliphatic rings. The lowest BCUT2D eigenvalue weighted by molar-refractivity contribution is -0.160. The van der Waals surface area contributed by atoms with Gasteiger partial charge in [-0.2, -0.15) is 0 Å². The van der Waals surface area contributed by atoms with Gasteiger partial charge < -0.3 is 14.9 Å². The predicted octanol–water partition coefficient (Wildman–Crippen LogP) is 1.37. The van der Waals surface area contributed by atoms with Crippen molar-refractivity contribution in [3.05, 3.63) is 11.0 Å². The monoisotopic (exact) mass is 282 g/mol. The van der Waals surface area contributed by atoms with Crippen LogP contribution in [0.4, 0.5) is 0 Å². The first-order valence-corrected chi connectivity index (χ1v) is 6.09. The zero-order chi connectivity index (χ0) is 16.1. The molecule has 0 rings (SSSR count). The average molecular weight is 282 g/mol. The van der Waals surface area contributed by atoms with Crippen molar-refractivity contribution in [3.63, 3.8) is 0 Å². The molecule has 6 heteroatoms. The zero-order valence-electron chi connectivity index (χ0n) is 12.6. The number of carbonyl (C=O) groups is 3. The molecule has 0 spiro atoms. The van der Waals surface area contributed by atoms with Gasteiger partial charge in [-0.25, -0.2) is 0 Å². The molecule has 0 heterocycles. The number of ketones is 1. The Morgan fingerprint density at radius 1 is 1.05 bits per heavy atom. The fraction of sp³-hybridized carbons (Fsp3) is 0.643. The third-order valence-electron chi connectivity index (χ3n) is 2.91. The van der Waals surface area contributed by atoms with Crippen LogP contribution in [0.5, 0.6) is 0 Å². The minimum absolute atomic E-state index is 0.140. The molecule has 0 amide bonds. The van der Waals surface area contributed by atoms with E-state index in [-0.39, 0.29) is 5.57 Å². The van der Waals surface area contributed by atoms with E-state index in [1.54, 1.807) is 26.6 Å². The van der Waals surface area contributed by atoms with Crippen molar-refractivity contribution in [2.75, 3.05) is 14.2 Å². The van der Waals surface area contributed by atoms with Gasteiger partial charge in [-0.05, 0) is 0 Å². The highest BCUT2D eigenvalue weighted by molar-refractivity contribution is 6.08. The van der Waals surface area contributed by atoms with Crippen molar-refractivity contribution < 1.29 is 23.9 Å². The maximum Gasteiger partial charge on any atom is 0.320 e. The molecular weight excluding hydrogens is 262 g/mol. The summed E-state index contributed by atoms with van der Waals surface area (Å²) in [5.74, 6) is -2.52. The molecule has 1 atom stereocenters. The second kappa shape index (κ2) is 7.01. The molecule has 0 saturated carbocycles. The molecule has 0 N–H and O–H groups in total. The second-order valence-electron chi connectivity index (χ2n) is 5.42. The summed E-state index contributed by atoms with van der Waals surface area (Å²) in [4.78, 5) is 35.6. The molecule has 0 radical (unpaired) electrons. The number of methoxy groups -OCH3 is 2. The van der Waals surface area contributed by atoms with Gasteiger partial charge in [-0.15, -0.1) is 0 Å². The number of hydrogen-bond donors (Lipinski definition) is 0. The summed E-state index contributed by atoms with van der Waals surface area (Å²) in [6.07, 6.45) is 0. The van der Waals surface area contributed by atoms with Gasteiger partial charge in [0.1, 0.15) is 0 Å². The molecule has 0 aliphatic carbocycles. The highest BCUT2D eigenvalue weighted by atomic mass is 16.5. The first-order chi connectivity index (χ1) is 9.11. The van der Waals surface area contributed by atoms with E-state index >= 15 is 0 Å². The zero-order valence-corrected chi connectivity index (χ0v) is 12.6. The highest BCUT2D eigenvalue weighted by Crippen LogP contribution is 2.28. The molecule has 0 fully saturated rings. The van der Waals surface area contributed by atoms with Gasteiger partial charge in [0.15, 0.2) is 11.7 Å². The van der Waals surface area contributed by atoms with Crippen LogP contribution in [0.25, 0.3) is 5.41 Å². The van der Waals surface area contributed by atoms with Crippen LogP contribution in [0.15, 0.2) is 5.57 Å². The molecule has 20 heavy (non-hydrogen) atoms. The summed E-state index contributed by atoms with van der Waals surface area (Å²) in [6.45, 7) is 6.43. The Kier molecular flexibility index (Phi) is 6.33. The van der Waals surface area contributed by atoms with E-state index in [4.69, 9.17) is 0 Å². The second-order valence-corrected chi connectivity index (χ2v) is 5.42. The normalized spacial score (nSPS) is 12.3. The Bertz CT molecular complexity index is 439. The Morgan fingerprint density at radius 3 is 1.70 bits per heavy atom. The van der Waals surface area contributed by atoms with E-state index < -0.39 is 35.0 Å². The largest absolute Gasteiger partial charge is 0.763 e. The summed E-state index contributed by atoms with van der Waals surface area (Å²) in [7, 11) is 2.26. The van der Waals surface area contributed by atoms with E-state index in [9.17, 15) is 19.8 Å². The average Bonchev–Trinajstić information content (AvgIpc) is 2.37. The first-order valence-electron chi connectivity index (χ1n) is 6.09. The van der Waals surface area contributed by atoms with Crippen molar-refractivity contribution in [3.8, 4) is 0 Å². The molecule has 0 aromatic carbocycles. The quantitative estimate of drug-likeness (QED) is 0.328. The van der Waals surface area contributed by atoms with Crippen molar-refractivity contribution in [1.29, 1.82) is 0 Å². The van der Waals surface area contributed by atoms with E-state index in [0.717, 1.165) is 14.2 Å².